The van der Waals surface area contributed by atoms with E-state index in [1.807, 2.05) is 79.3 Å². The summed E-state index contributed by atoms with van der Waals surface area (Å²) in [5, 5.41) is 7.37. The van der Waals surface area contributed by atoms with Gasteiger partial charge in [-0.1, -0.05) is 24.3 Å². The molecule has 4 heterocycles. The fourth-order valence-corrected chi connectivity index (χ4v) is 3.69. The predicted octanol–water partition coefficient (Wildman–Crippen LogP) is 2.76. The third-order valence-corrected chi connectivity index (χ3v) is 5.08. The average Bonchev–Trinajstić information content (AvgIpc) is 3.13. The van der Waals surface area contributed by atoms with Crippen molar-refractivity contribution in [1.29, 1.82) is 0 Å². The largest absolute Gasteiger partial charge is 0.358 e. The van der Waals surface area contributed by atoms with Gasteiger partial charge in [0.25, 0.3) is 5.91 Å². The smallest absolute Gasteiger partial charge is 0.274 e. The van der Waals surface area contributed by atoms with Crippen LogP contribution in [-0.4, -0.2) is 22.0 Å². The number of para-hydroxylation sites is 1. The summed E-state index contributed by atoms with van der Waals surface area (Å²) < 4.78 is 0. The van der Waals surface area contributed by atoms with Gasteiger partial charge in [0.15, 0.2) is 12.4 Å². The van der Waals surface area contributed by atoms with Crippen LogP contribution >= 0.6 is 0 Å². The van der Waals surface area contributed by atoms with E-state index in [1.54, 1.807) is 6.20 Å². The Morgan fingerprint density at radius 1 is 1.17 bits per heavy atom. The summed E-state index contributed by atoms with van der Waals surface area (Å²) in [6, 6.07) is 13.9. The van der Waals surface area contributed by atoms with Crippen molar-refractivity contribution in [2.45, 2.75) is 12.6 Å². The van der Waals surface area contributed by atoms with Crippen LogP contribution in [0.3, 0.4) is 0 Å². The van der Waals surface area contributed by atoms with E-state index >= 15 is 0 Å². The number of nitrogens with zero attached hydrogens (tertiary/aromatic N) is 2. The van der Waals surface area contributed by atoms with Crippen LogP contribution in [0, 0.1) is 0 Å². The van der Waals surface area contributed by atoms with E-state index < -0.39 is 0 Å². The molecule has 142 valence electrons. The first kappa shape index (κ1) is 17.2. The number of allylic oxidation sites excluding steroid dienone is 3. The standard InChI is InChI=1S/C23H19N5O/c29-23(26-18-14-17-5-1-2-6-19(17)25-15-18)22-20-7-3-4-12-28(20)21(27-22)13-16-8-10-24-11-9-16/h1-12,14-15,21,27H,13H2,(H,26,29)/p+1. The Hall–Kier alpha value is -3.93. The molecule has 5 rings (SSSR count). The number of H-pyrrole nitrogens is 1. The molecule has 1 unspecified atom stereocenters. The number of rotatable bonds is 4. The number of anilines is 1. The third-order valence-electron chi connectivity index (χ3n) is 5.08. The number of nitrogens with one attached hydrogen (secondary N) is 3. The molecule has 1 aromatic carbocycles. The van der Waals surface area contributed by atoms with Crippen molar-refractivity contribution in [1.82, 2.24) is 15.2 Å². The zero-order valence-corrected chi connectivity index (χ0v) is 15.7. The van der Waals surface area contributed by atoms with Crippen molar-refractivity contribution in [3.8, 4) is 0 Å². The number of pyridine rings is 2. The molecule has 1 amide bonds. The van der Waals surface area contributed by atoms with Crippen molar-refractivity contribution in [2.75, 3.05) is 5.32 Å². The second-order valence-electron chi connectivity index (χ2n) is 7.01. The highest BCUT2D eigenvalue weighted by molar-refractivity contribution is 6.05. The zero-order chi connectivity index (χ0) is 19.6. The van der Waals surface area contributed by atoms with Crippen molar-refractivity contribution < 1.29 is 9.78 Å². The Morgan fingerprint density at radius 2 is 2.03 bits per heavy atom. The molecule has 6 heteroatoms. The van der Waals surface area contributed by atoms with Crippen LogP contribution in [0.2, 0.25) is 0 Å². The lowest BCUT2D eigenvalue weighted by Crippen LogP contribution is -2.37. The molecule has 0 aliphatic carbocycles. The quantitative estimate of drug-likeness (QED) is 0.728. The highest BCUT2D eigenvalue weighted by Crippen LogP contribution is 2.27. The minimum absolute atomic E-state index is 0.0240. The molecule has 0 bridgehead atoms. The molecule has 0 radical (unpaired) electrons. The van der Waals surface area contributed by atoms with E-state index in [0.29, 0.717) is 11.4 Å². The fraction of sp³-hybridized carbons (Fsp3) is 0.0870. The molecule has 3 aromatic rings. The van der Waals surface area contributed by atoms with Crippen molar-refractivity contribution in [2.24, 2.45) is 0 Å². The fourth-order valence-electron chi connectivity index (χ4n) is 3.69. The van der Waals surface area contributed by atoms with Gasteiger partial charge in [-0.15, -0.1) is 0 Å². The predicted molar refractivity (Wildman–Crippen MR) is 111 cm³/mol. The summed E-state index contributed by atoms with van der Waals surface area (Å²) in [6.45, 7) is 0. The minimum atomic E-state index is -0.175. The van der Waals surface area contributed by atoms with Crippen LogP contribution in [0.1, 0.15) is 5.56 Å². The van der Waals surface area contributed by atoms with Gasteiger partial charge in [0.1, 0.15) is 11.9 Å². The van der Waals surface area contributed by atoms with E-state index in [-0.39, 0.29) is 12.1 Å². The second-order valence-corrected chi connectivity index (χ2v) is 7.01. The Morgan fingerprint density at radius 3 is 2.93 bits per heavy atom. The summed E-state index contributed by atoms with van der Waals surface area (Å²) in [6.07, 6.45) is 14.1. The molecule has 0 saturated heterocycles. The van der Waals surface area contributed by atoms with Crippen LogP contribution in [-0.2, 0) is 11.2 Å². The summed E-state index contributed by atoms with van der Waals surface area (Å²) in [4.78, 5) is 22.6. The Kier molecular flexibility index (Phi) is 4.29. The molecular formula is C23H20N5O+. The topological polar surface area (TPSA) is 71.4 Å². The van der Waals surface area contributed by atoms with E-state index in [1.165, 1.54) is 5.56 Å². The number of carbonyl (C=O) groups excluding carboxylic acids is 1. The van der Waals surface area contributed by atoms with Gasteiger partial charge in [0.2, 0.25) is 0 Å². The van der Waals surface area contributed by atoms with Gasteiger partial charge in [-0.25, -0.2) is 4.98 Å². The molecule has 6 nitrogen and oxygen atoms in total. The van der Waals surface area contributed by atoms with Crippen LogP contribution in [0.15, 0.2) is 96.9 Å². The van der Waals surface area contributed by atoms with Gasteiger partial charge in [0, 0.05) is 30.1 Å². The molecule has 2 aromatic heterocycles. The van der Waals surface area contributed by atoms with Crippen molar-refractivity contribution >= 4 is 22.5 Å². The maximum Gasteiger partial charge on any atom is 0.274 e. The lowest BCUT2D eigenvalue weighted by atomic mass is 10.1. The highest BCUT2D eigenvalue weighted by Gasteiger charge is 2.33. The SMILES string of the molecule is O=C(Nc1cnc2ccccc2c1)C1=C2C=CC=CN2C(Cc2cc[nH+]cc2)N1. The van der Waals surface area contributed by atoms with Gasteiger partial charge in [-0.05, 0) is 29.8 Å². The molecule has 2 aliphatic heterocycles. The van der Waals surface area contributed by atoms with Crippen LogP contribution in [0.5, 0.6) is 0 Å². The molecule has 2 aliphatic rings. The Labute approximate surface area is 168 Å². The van der Waals surface area contributed by atoms with Crippen LogP contribution < -0.4 is 15.6 Å². The van der Waals surface area contributed by atoms with Gasteiger partial charge in [0.05, 0.1) is 23.1 Å². The number of benzene rings is 1. The molecular weight excluding hydrogens is 362 g/mol. The average molecular weight is 382 g/mol. The molecule has 0 fully saturated rings. The summed E-state index contributed by atoms with van der Waals surface area (Å²) in [7, 11) is 0. The third kappa shape index (κ3) is 3.36. The van der Waals surface area contributed by atoms with E-state index in [4.69, 9.17) is 0 Å². The summed E-state index contributed by atoms with van der Waals surface area (Å²) >= 11 is 0. The number of amides is 1. The lowest BCUT2D eigenvalue weighted by molar-refractivity contribution is -0.378. The normalized spacial score (nSPS) is 17.4. The van der Waals surface area contributed by atoms with Crippen LogP contribution in [0.25, 0.3) is 10.9 Å². The summed E-state index contributed by atoms with van der Waals surface area (Å²) in [5.41, 5.74) is 4.19. The number of aromatic amines is 1. The molecule has 3 N–H and O–H groups in total. The molecule has 0 spiro atoms. The first-order valence-corrected chi connectivity index (χ1v) is 9.53. The number of aromatic nitrogens is 2. The van der Waals surface area contributed by atoms with Gasteiger partial charge in [-0.2, -0.15) is 0 Å². The van der Waals surface area contributed by atoms with Gasteiger partial charge >= 0.3 is 0 Å². The number of carbonyl (C=O) groups is 1. The first-order chi connectivity index (χ1) is 14.3. The van der Waals surface area contributed by atoms with E-state index in [2.05, 4.69) is 25.5 Å². The van der Waals surface area contributed by atoms with E-state index in [0.717, 1.165) is 23.0 Å². The van der Waals surface area contributed by atoms with Gasteiger partial charge in [-0.3, -0.25) is 9.78 Å². The minimum Gasteiger partial charge on any atom is -0.358 e. The maximum atomic E-state index is 13.1. The number of fused-ring (bicyclic) bond motifs is 2. The Balaban J connectivity index is 1.39. The highest BCUT2D eigenvalue weighted by atomic mass is 16.2. The zero-order valence-electron chi connectivity index (χ0n) is 15.7. The van der Waals surface area contributed by atoms with Crippen LogP contribution in [0.4, 0.5) is 5.69 Å². The number of hydrogen-bond donors (Lipinski definition) is 2. The summed E-state index contributed by atoms with van der Waals surface area (Å²) in [5.74, 6) is -0.175. The van der Waals surface area contributed by atoms with Crippen molar-refractivity contribution in [3.05, 3.63) is 102 Å². The maximum absolute atomic E-state index is 13.1. The second kappa shape index (κ2) is 7.24. The number of hydrogen-bond acceptors (Lipinski definition) is 4. The van der Waals surface area contributed by atoms with E-state index in [9.17, 15) is 4.79 Å². The Bertz CT molecular complexity index is 1170. The monoisotopic (exact) mass is 382 g/mol. The lowest BCUT2D eigenvalue weighted by Gasteiger charge is -2.25. The molecule has 0 saturated carbocycles. The molecule has 29 heavy (non-hydrogen) atoms. The first-order valence-electron chi connectivity index (χ1n) is 9.53. The van der Waals surface area contributed by atoms with Gasteiger partial charge < -0.3 is 15.5 Å². The molecule has 1 atom stereocenters. The van der Waals surface area contributed by atoms with Crippen molar-refractivity contribution in [3.63, 3.8) is 0 Å².